The van der Waals surface area contributed by atoms with E-state index in [9.17, 15) is 0 Å². The van der Waals surface area contributed by atoms with E-state index in [1.54, 1.807) is 20.1 Å². The van der Waals surface area contributed by atoms with E-state index in [-0.39, 0.29) is 0 Å². The van der Waals surface area contributed by atoms with Crippen LogP contribution in [0.25, 0.3) is 11.6 Å². The van der Waals surface area contributed by atoms with E-state index in [0.717, 1.165) is 0 Å². The summed E-state index contributed by atoms with van der Waals surface area (Å²) in [6, 6.07) is 1.68. The fraction of sp³-hybridized carbons (Fsp3) is 0.250. The largest absolute Gasteiger partial charge is 0.495 e. The molecule has 14 heavy (non-hydrogen) atoms. The smallest absolute Gasteiger partial charge is 0.268 e. The molecule has 0 aliphatic heterocycles. The molecular formula is C8H8N4O2. The number of ether oxygens (including phenoxy) is 1. The number of hydrogen-bond donors (Lipinski definition) is 0. The molecule has 6 heteroatoms. The quantitative estimate of drug-likeness (QED) is 0.702. The predicted octanol–water partition coefficient (Wildman–Crippen LogP) is 0.844. The maximum atomic E-state index is 5.19. The molecule has 2 heterocycles. The molecule has 0 radical (unpaired) electrons. The maximum absolute atomic E-state index is 5.19. The molecule has 0 fully saturated rings. The van der Waals surface area contributed by atoms with Crippen LogP contribution in [0.1, 0.15) is 5.89 Å². The van der Waals surface area contributed by atoms with Gasteiger partial charge in [0, 0.05) is 13.0 Å². The van der Waals surface area contributed by atoms with Crippen LogP contribution in [0.5, 0.6) is 5.75 Å². The third-order valence-electron chi connectivity index (χ3n) is 1.61. The Balaban J connectivity index is 2.41. The third-order valence-corrected chi connectivity index (χ3v) is 1.61. The first kappa shape index (κ1) is 8.61. The molecular weight excluding hydrogens is 184 g/mol. The standard InChI is InChI=1S/C8H8N4O2/c1-5-10-12-8(14-5)7-3-6(13-2)4-9-11-7/h3-4H,1-2H3. The normalized spacial score (nSPS) is 10.1. The van der Waals surface area contributed by atoms with Crippen molar-refractivity contribution in [3.05, 3.63) is 18.2 Å². The van der Waals surface area contributed by atoms with Crippen molar-refractivity contribution < 1.29 is 9.15 Å². The van der Waals surface area contributed by atoms with Crippen molar-refractivity contribution in [3.63, 3.8) is 0 Å². The van der Waals surface area contributed by atoms with Crippen LogP contribution >= 0.6 is 0 Å². The van der Waals surface area contributed by atoms with Gasteiger partial charge in [-0.15, -0.1) is 15.3 Å². The summed E-state index contributed by atoms with van der Waals surface area (Å²) in [5.74, 6) is 1.43. The molecule has 0 spiro atoms. The lowest BCUT2D eigenvalue weighted by atomic mass is 10.4. The number of aryl methyl sites for hydroxylation is 1. The van der Waals surface area contributed by atoms with Crippen LogP contribution in [-0.4, -0.2) is 27.5 Å². The topological polar surface area (TPSA) is 73.9 Å². The van der Waals surface area contributed by atoms with E-state index in [4.69, 9.17) is 9.15 Å². The fourth-order valence-corrected chi connectivity index (χ4v) is 0.965. The van der Waals surface area contributed by atoms with Gasteiger partial charge in [-0.1, -0.05) is 0 Å². The number of aromatic nitrogens is 4. The molecule has 0 aliphatic rings. The molecule has 0 bridgehead atoms. The van der Waals surface area contributed by atoms with Gasteiger partial charge in [-0.3, -0.25) is 0 Å². The first-order chi connectivity index (χ1) is 6.79. The Morgan fingerprint density at radius 1 is 1.29 bits per heavy atom. The lowest BCUT2D eigenvalue weighted by Gasteiger charge is -1.97. The molecule has 6 nitrogen and oxygen atoms in total. The summed E-state index contributed by atoms with van der Waals surface area (Å²) in [6.07, 6.45) is 1.51. The Labute approximate surface area is 79.9 Å². The summed E-state index contributed by atoms with van der Waals surface area (Å²) >= 11 is 0. The molecule has 0 aliphatic carbocycles. The van der Waals surface area contributed by atoms with Gasteiger partial charge in [0.25, 0.3) is 5.89 Å². The Kier molecular flexibility index (Phi) is 2.10. The minimum absolute atomic E-state index is 0.342. The van der Waals surface area contributed by atoms with Crippen molar-refractivity contribution >= 4 is 0 Å². The summed E-state index contributed by atoms with van der Waals surface area (Å²) in [4.78, 5) is 0. The molecule has 0 aromatic carbocycles. The molecule has 0 unspecified atom stereocenters. The highest BCUT2D eigenvalue weighted by Crippen LogP contribution is 2.18. The maximum Gasteiger partial charge on any atom is 0.268 e. The average molecular weight is 192 g/mol. The summed E-state index contributed by atoms with van der Waals surface area (Å²) in [5.41, 5.74) is 0.505. The zero-order valence-corrected chi connectivity index (χ0v) is 7.76. The van der Waals surface area contributed by atoms with Gasteiger partial charge in [0.1, 0.15) is 5.75 Å². The SMILES string of the molecule is COc1cnnc(-c2nnc(C)o2)c1. The highest BCUT2D eigenvalue weighted by atomic mass is 16.5. The molecule has 0 saturated carbocycles. The minimum atomic E-state index is 0.342. The van der Waals surface area contributed by atoms with Gasteiger partial charge >= 0.3 is 0 Å². The van der Waals surface area contributed by atoms with Gasteiger partial charge in [-0.05, 0) is 0 Å². The van der Waals surface area contributed by atoms with E-state index in [1.807, 2.05) is 0 Å². The Hall–Kier alpha value is -1.98. The Morgan fingerprint density at radius 3 is 2.79 bits per heavy atom. The van der Waals surface area contributed by atoms with Crippen molar-refractivity contribution in [2.45, 2.75) is 6.92 Å². The number of methoxy groups -OCH3 is 1. The van der Waals surface area contributed by atoms with Crippen LogP contribution in [0.4, 0.5) is 0 Å². The van der Waals surface area contributed by atoms with Gasteiger partial charge in [0.05, 0.1) is 13.3 Å². The van der Waals surface area contributed by atoms with Crippen LogP contribution < -0.4 is 4.74 Å². The number of rotatable bonds is 2. The molecule has 72 valence electrons. The lowest BCUT2D eigenvalue weighted by molar-refractivity contribution is 0.411. The number of nitrogens with zero attached hydrogens (tertiary/aromatic N) is 4. The van der Waals surface area contributed by atoms with Crippen molar-refractivity contribution in [2.24, 2.45) is 0 Å². The van der Waals surface area contributed by atoms with Crippen LogP contribution in [-0.2, 0) is 0 Å². The van der Waals surface area contributed by atoms with Crippen molar-refractivity contribution in [3.8, 4) is 17.3 Å². The van der Waals surface area contributed by atoms with Crippen molar-refractivity contribution in [1.82, 2.24) is 20.4 Å². The van der Waals surface area contributed by atoms with E-state index in [2.05, 4.69) is 20.4 Å². The molecule has 2 aromatic heterocycles. The lowest BCUT2D eigenvalue weighted by Crippen LogP contribution is -1.90. The Bertz CT molecular complexity index is 440. The molecule has 2 rings (SSSR count). The second kappa shape index (κ2) is 3.41. The van der Waals surface area contributed by atoms with Gasteiger partial charge in [-0.25, -0.2) is 0 Å². The molecule has 0 saturated heterocycles. The van der Waals surface area contributed by atoms with E-state index in [0.29, 0.717) is 23.2 Å². The predicted molar refractivity (Wildman–Crippen MR) is 46.6 cm³/mol. The van der Waals surface area contributed by atoms with Crippen LogP contribution in [0.3, 0.4) is 0 Å². The van der Waals surface area contributed by atoms with E-state index < -0.39 is 0 Å². The monoisotopic (exact) mass is 192 g/mol. The third kappa shape index (κ3) is 1.54. The second-order valence-corrected chi connectivity index (χ2v) is 2.61. The molecule has 0 N–H and O–H groups in total. The first-order valence-corrected chi connectivity index (χ1v) is 3.97. The van der Waals surface area contributed by atoms with Crippen molar-refractivity contribution in [1.29, 1.82) is 0 Å². The highest BCUT2D eigenvalue weighted by Gasteiger charge is 2.08. The summed E-state index contributed by atoms with van der Waals surface area (Å²) in [7, 11) is 1.56. The Morgan fingerprint density at radius 2 is 2.14 bits per heavy atom. The zero-order valence-electron chi connectivity index (χ0n) is 7.76. The number of hydrogen-bond acceptors (Lipinski definition) is 6. The van der Waals surface area contributed by atoms with Gasteiger partial charge in [0.2, 0.25) is 5.89 Å². The van der Waals surface area contributed by atoms with Gasteiger partial charge in [-0.2, -0.15) is 5.10 Å². The first-order valence-electron chi connectivity index (χ1n) is 3.97. The van der Waals surface area contributed by atoms with Gasteiger partial charge < -0.3 is 9.15 Å². The van der Waals surface area contributed by atoms with E-state index in [1.165, 1.54) is 6.20 Å². The fourth-order valence-electron chi connectivity index (χ4n) is 0.965. The van der Waals surface area contributed by atoms with Crippen LogP contribution in [0.15, 0.2) is 16.7 Å². The minimum Gasteiger partial charge on any atom is -0.495 e. The summed E-state index contributed by atoms with van der Waals surface area (Å²) in [6.45, 7) is 1.71. The second-order valence-electron chi connectivity index (χ2n) is 2.61. The molecule has 0 amide bonds. The highest BCUT2D eigenvalue weighted by molar-refractivity contribution is 5.47. The summed E-state index contributed by atoms with van der Waals surface area (Å²) < 4.78 is 10.2. The van der Waals surface area contributed by atoms with Crippen LogP contribution in [0, 0.1) is 6.92 Å². The van der Waals surface area contributed by atoms with Crippen LogP contribution in [0.2, 0.25) is 0 Å². The van der Waals surface area contributed by atoms with E-state index >= 15 is 0 Å². The average Bonchev–Trinajstić information content (AvgIpc) is 2.65. The van der Waals surface area contributed by atoms with Gasteiger partial charge in [0.15, 0.2) is 5.69 Å². The van der Waals surface area contributed by atoms with Crippen molar-refractivity contribution in [2.75, 3.05) is 7.11 Å². The molecule has 0 atom stereocenters. The molecule has 2 aromatic rings. The zero-order chi connectivity index (χ0) is 9.97. The summed E-state index contributed by atoms with van der Waals surface area (Å²) in [5, 5.41) is 15.1.